The van der Waals surface area contributed by atoms with E-state index in [0.717, 1.165) is 18.4 Å². The van der Waals surface area contributed by atoms with Gasteiger partial charge >= 0.3 is 6.18 Å². The maximum atomic E-state index is 12.0. The molecule has 0 heterocycles. The lowest BCUT2D eigenvalue weighted by Crippen LogP contribution is -2.16. The minimum Gasteiger partial charge on any atom is -0.326 e. The van der Waals surface area contributed by atoms with Crippen molar-refractivity contribution in [3.63, 3.8) is 0 Å². The molecule has 19 heavy (non-hydrogen) atoms. The highest BCUT2D eigenvalue weighted by Crippen LogP contribution is 2.21. The number of hydrogen-bond donors (Lipinski definition) is 1. The Bertz CT molecular complexity index is 421. The number of halogens is 4. The maximum Gasteiger partial charge on any atom is 0.389 e. The lowest BCUT2D eigenvalue weighted by atomic mass is 10.1. The number of benzene rings is 1. The predicted molar refractivity (Wildman–Crippen MR) is 69.4 cm³/mol. The Morgan fingerprint density at radius 2 is 2.05 bits per heavy atom. The summed E-state index contributed by atoms with van der Waals surface area (Å²) in [5, 5.41) is 2.46. The zero-order valence-corrected chi connectivity index (χ0v) is 11.0. The Labute approximate surface area is 114 Å². The van der Waals surface area contributed by atoms with Gasteiger partial charge in [-0.1, -0.05) is 12.1 Å². The summed E-state index contributed by atoms with van der Waals surface area (Å²) in [6.45, 7) is 0. The van der Waals surface area contributed by atoms with Gasteiger partial charge in [-0.2, -0.15) is 13.2 Å². The highest BCUT2D eigenvalue weighted by molar-refractivity contribution is 6.17. The minimum absolute atomic E-state index is 0.513. The quantitative estimate of drug-likeness (QED) is 0.785. The summed E-state index contributed by atoms with van der Waals surface area (Å²) in [5.41, 5.74) is 1.51. The van der Waals surface area contributed by atoms with Crippen LogP contribution in [-0.4, -0.2) is 18.0 Å². The van der Waals surface area contributed by atoms with Crippen molar-refractivity contribution in [2.24, 2.45) is 0 Å². The maximum absolute atomic E-state index is 12.0. The van der Waals surface area contributed by atoms with Crippen molar-refractivity contribution in [3.05, 3.63) is 29.8 Å². The molecule has 0 bridgehead atoms. The molecule has 0 aliphatic rings. The predicted octanol–water partition coefficient (Wildman–Crippen LogP) is 4.14. The minimum atomic E-state index is -4.31. The van der Waals surface area contributed by atoms with E-state index >= 15 is 0 Å². The highest BCUT2D eigenvalue weighted by atomic mass is 35.5. The topological polar surface area (TPSA) is 29.1 Å². The normalized spacial score (nSPS) is 11.4. The zero-order valence-electron chi connectivity index (χ0n) is 10.3. The van der Waals surface area contributed by atoms with E-state index in [0.29, 0.717) is 11.6 Å². The number of alkyl halides is 4. The smallest absolute Gasteiger partial charge is 0.326 e. The van der Waals surface area contributed by atoms with Crippen molar-refractivity contribution in [1.29, 1.82) is 0 Å². The molecule has 0 fully saturated rings. The number of nitrogens with one attached hydrogen (secondary N) is 1. The number of hydrogen-bond acceptors (Lipinski definition) is 1. The highest BCUT2D eigenvalue weighted by Gasteiger charge is 2.27. The third-order valence-corrected chi connectivity index (χ3v) is 2.71. The SMILES string of the molecule is O=C(CCC(F)(F)F)Nc1cccc(CCCCl)c1. The van der Waals surface area contributed by atoms with E-state index in [1.165, 1.54) is 0 Å². The zero-order chi connectivity index (χ0) is 14.3. The van der Waals surface area contributed by atoms with E-state index in [1.54, 1.807) is 18.2 Å². The molecule has 6 heteroatoms. The number of amides is 1. The number of rotatable bonds is 6. The van der Waals surface area contributed by atoms with Crippen molar-refractivity contribution in [1.82, 2.24) is 0 Å². The number of carbonyl (C=O) groups excluding carboxylic acids is 1. The van der Waals surface area contributed by atoms with Crippen LogP contribution in [0, 0.1) is 0 Å². The van der Waals surface area contributed by atoms with Gasteiger partial charge in [-0.15, -0.1) is 11.6 Å². The Balaban J connectivity index is 2.49. The molecule has 0 aromatic heterocycles. The molecule has 1 rings (SSSR count). The van der Waals surface area contributed by atoms with Crippen LogP contribution in [0.4, 0.5) is 18.9 Å². The molecule has 0 saturated carbocycles. The van der Waals surface area contributed by atoms with Crippen molar-refractivity contribution >= 4 is 23.2 Å². The van der Waals surface area contributed by atoms with Gasteiger partial charge in [0, 0.05) is 18.0 Å². The van der Waals surface area contributed by atoms with Crippen LogP contribution in [0.15, 0.2) is 24.3 Å². The van der Waals surface area contributed by atoms with Gasteiger partial charge in [0.2, 0.25) is 5.91 Å². The second-order valence-electron chi connectivity index (χ2n) is 4.16. The molecule has 0 spiro atoms. The summed E-state index contributed by atoms with van der Waals surface area (Å²) in [4.78, 5) is 11.4. The first-order chi connectivity index (χ1) is 8.90. The Morgan fingerprint density at radius 3 is 2.68 bits per heavy atom. The first-order valence-corrected chi connectivity index (χ1v) is 6.45. The summed E-state index contributed by atoms with van der Waals surface area (Å²) in [6.07, 6.45) is -4.39. The number of carbonyl (C=O) groups is 1. The summed E-state index contributed by atoms with van der Waals surface area (Å²) in [7, 11) is 0. The van der Waals surface area contributed by atoms with Crippen molar-refractivity contribution < 1.29 is 18.0 Å². The average molecular weight is 294 g/mol. The van der Waals surface area contributed by atoms with Gasteiger partial charge in [0.1, 0.15) is 0 Å². The molecule has 0 atom stereocenters. The summed E-state index contributed by atoms with van der Waals surface area (Å²) >= 11 is 5.58. The van der Waals surface area contributed by atoms with E-state index in [2.05, 4.69) is 5.32 Å². The van der Waals surface area contributed by atoms with Crippen LogP contribution < -0.4 is 5.32 Å². The molecule has 2 nitrogen and oxygen atoms in total. The van der Waals surface area contributed by atoms with E-state index < -0.39 is 24.9 Å². The van der Waals surface area contributed by atoms with Crippen LogP contribution in [0.5, 0.6) is 0 Å². The van der Waals surface area contributed by atoms with Crippen LogP contribution in [0.3, 0.4) is 0 Å². The third-order valence-electron chi connectivity index (χ3n) is 2.45. The third kappa shape index (κ3) is 7.06. The van der Waals surface area contributed by atoms with Gasteiger partial charge in [0.05, 0.1) is 6.42 Å². The number of anilines is 1. The van der Waals surface area contributed by atoms with Gasteiger partial charge in [-0.3, -0.25) is 4.79 Å². The van der Waals surface area contributed by atoms with Gasteiger partial charge in [-0.25, -0.2) is 0 Å². The van der Waals surface area contributed by atoms with Gasteiger partial charge in [-0.05, 0) is 30.5 Å². The standard InChI is InChI=1S/C13H15ClF3NO/c14-8-2-4-10-3-1-5-11(9-10)18-12(19)6-7-13(15,16)17/h1,3,5,9H,2,4,6-8H2,(H,18,19). The average Bonchev–Trinajstić information content (AvgIpc) is 2.33. The Hall–Kier alpha value is -1.23. The van der Waals surface area contributed by atoms with E-state index in [9.17, 15) is 18.0 Å². The molecular weight excluding hydrogens is 279 g/mol. The monoisotopic (exact) mass is 293 g/mol. The Morgan fingerprint density at radius 1 is 1.32 bits per heavy atom. The summed E-state index contributed by atoms with van der Waals surface area (Å²) < 4.78 is 35.9. The molecule has 1 amide bonds. The molecule has 1 N–H and O–H groups in total. The molecular formula is C13H15ClF3NO. The fraction of sp³-hybridized carbons (Fsp3) is 0.462. The Kier molecular flexibility index (Phi) is 6.15. The van der Waals surface area contributed by atoms with E-state index in [4.69, 9.17) is 11.6 Å². The van der Waals surface area contributed by atoms with Gasteiger partial charge in [0.25, 0.3) is 0 Å². The van der Waals surface area contributed by atoms with Gasteiger partial charge < -0.3 is 5.32 Å². The second-order valence-corrected chi connectivity index (χ2v) is 4.53. The van der Waals surface area contributed by atoms with Gasteiger partial charge in [0.15, 0.2) is 0 Å². The van der Waals surface area contributed by atoms with Crippen molar-refractivity contribution in [2.75, 3.05) is 11.2 Å². The molecule has 0 radical (unpaired) electrons. The summed E-state index contributed by atoms with van der Waals surface area (Å²) in [5.74, 6) is -0.0888. The first kappa shape index (κ1) is 15.8. The second kappa shape index (κ2) is 7.38. The largest absolute Gasteiger partial charge is 0.389 e. The van der Waals surface area contributed by atoms with Crippen LogP contribution in [0.1, 0.15) is 24.8 Å². The number of aryl methyl sites for hydroxylation is 1. The molecule has 0 aliphatic heterocycles. The van der Waals surface area contributed by atoms with Crippen LogP contribution in [0.25, 0.3) is 0 Å². The van der Waals surface area contributed by atoms with E-state index in [-0.39, 0.29) is 0 Å². The fourth-order valence-corrected chi connectivity index (χ4v) is 1.69. The molecule has 0 unspecified atom stereocenters. The lowest BCUT2D eigenvalue weighted by Gasteiger charge is -2.08. The first-order valence-electron chi connectivity index (χ1n) is 5.92. The fourth-order valence-electron chi connectivity index (χ4n) is 1.55. The molecule has 1 aromatic carbocycles. The van der Waals surface area contributed by atoms with E-state index in [1.807, 2.05) is 6.07 Å². The summed E-state index contributed by atoms with van der Waals surface area (Å²) in [6, 6.07) is 7.04. The van der Waals surface area contributed by atoms with Crippen molar-refractivity contribution in [3.8, 4) is 0 Å². The molecule has 106 valence electrons. The lowest BCUT2D eigenvalue weighted by molar-refractivity contribution is -0.142. The van der Waals surface area contributed by atoms with Crippen LogP contribution in [-0.2, 0) is 11.2 Å². The van der Waals surface area contributed by atoms with Crippen molar-refractivity contribution in [2.45, 2.75) is 31.9 Å². The van der Waals surface area contributed by atoms with Crippen LogP contribution in [0.2, 0.25) is 0 Å². The molecule has 0 aliphatic carbocycles. The molecule has 0 saturated heterocycles. The van der Waals surface area contributed by atoms with Crippen LogP contribution >= 0.6 is 11.6 Å². The molecule has 1 aromatic rings.